The number of sulfonamides is 1. The average Bonchev–Trinajstić information content (AvgIpc) is 2.75. The molecule has 7 nitrogen and oxygen atoms in total. The molecule has 0 atom stereocenters. The summed E-state index contributed by atoms with van der Waals surface area (Å²) in [5, 5.41) is 1.76. The Morgan fingerprint density at radius 1 is 1.60 bits per heavy atom. The number of hydrogen-bond acceptors (Lipinski definition) is 6. The van der Waals surface area contributed by atoms with Gasteiger partial charge in [-0.1, -0.05) is 0 Å². The number of hydrazine groups is 1. The van der Waals surface area contributed by atoms with Gasteiger partial charge in [-0.05, 0) is 7.05 Å². The van der Waals surface area contributed by atoms with E-state index in [0.717, 1.165) is 0 Å². The standard InChI is InChI=1S/C6H9N5O2S2/c1-8-15(12,13)5-4(10-7)9-6-11(5)2-3-14-6/h2-3,8,10H,7H2,1H3. The highest BCUT2D eigenvalue weighted by Crippen LogP contribution is 2.24. The average molecular weight is 247 g/mol. The van der Waals surface area contributed by atoms with E-state index >= 15 is 0 Å². The van der Waals surface area contributed by atoms with Gasteiger partial charge in [-0.15, -0.1) is 11.3 Å². The molecule has 2 rings (SSSR count). The minimum absolute atomic E-state index is 0.0174. The van der Waals surface area contributed by atoms with E-state index in [0.29, 0.717) is 4.96 Å². The van der Waals surface area contributed by atoms with Crippen LogP contribution in [-0.4, -0.2) is 24.9 Å². The number of aromatic nitrogens is 2. The third-order valence-electron chi connectivity index (χ3n) is 1.88. The van der Waals surface area contributed by atoms with E-state index in [-0.39, 0.29) is 10.8 Å². The van der Waals surface area contributed by atoms with E-state index in [1.165, 1.54) is 22.8 Å². The predicted octanol–water partition coefficient (Wildman–Crippen LogP) is -0.411. The number of thiazole rings is 1. The zero-order valence-corrected chi connectivity index (χ0v) is 9.39. The highest BCUT2D eigenvalue weighted by atomic mass is 32.2. The van der Waals surface area contributed by atoms with Crippen molar-refractivity contribution in [2.24, 2.45) is 5.84 Å². The quantitative estimate of drug-likeness (QED) is 0.505. The first-order valence-corrected chi connectivity index (χ1v) is 6.32. The van der Waals surface area contributed by atoms with Gasteiger partial charge in [-0.3, -0.25) is 4.40 Å². The molecule has 82 valence electrons. The summed E-state index contributed by atoms with van der Waals surface area (Å²) in [5.74, 6) is 5.35. The van der Waals surface area contributed by atoms with Crippen molar-refractivity contribution in [1.29, 1.82) is 0 Å². The highest BCUT2D eigenvalue weighted by Gasteiger charge is 2.23. The summed E-state index contributed by atoms with van der Waals surface area (Å²) in [4.78, 5) is 4.60. The maximum Gasteiger partial charge on any atom is 0.260 e. The molecule has 0 saturated carbocycles. The lowest BCUT2D eigenvalue weighted by atomic mass is 10.7. The Labute approximate surface area is 89.9 Å². The van der Waals surface area contributed by atoms with Gasteiger partial charge in [0.05, 0.1) is 0 Å². The summed E-state index contributed by atoms with van der Waals surface area (Å²) in [6.07, 6.45) is 1.62. The minimum Gasteiger partial charge on any atom is -0.306 e. The summed E-state index contributed by atoms with van der Waals surface area (Å²) in [6, 6.07) is 0. The van der Waals surface area contributed by atoms with Crippen LogP contribution in [0.25, 0.3) is 4.96 Å². The normalized spacial score (nSPS) is 12.1. The van der Waals surface area contributed by atoms with Crippen LogP contribution >= 0.6 is 11.3 Å². The maximum absolute atomic E-state index is 11.7. The van der Waals surface area contributed by atoms with Crippen molar-refractivity contribution in [2.75, 3.05) is 12.5 Å². The van der Waals surface area contributed by atoms with Crippen molar-refractivity contribution < 1.29 is 8.42 Å². The summed E-state index contributed by atoms with van der Waals surface area (Å²) in [6.45, 7) is 0. The van der Waals surface area contributed by atoms with Crippen LogP contribution in [0, 0.1) is 0 Å². The zero-order chi connectivity index (χ0) is 11.1. The summed E-state index contributed by atoms with van der Waals surface area (Å²) in [5.41, 5.74) is 2.27. The predicted molar refractivity (Wildman–Crippen MR) is 57.1 cm³/mol. The minimum atomic E-state index is -3.58. The van der Waals surface area contributed by atoms with Crippen LogP contribution in [-0.2, 0) is 10.0 Å². The molecule has 0 saturated heterocycles. The Kier molecular flexibility index (Phi) is 2.38. The summed E-state index contributed by atoms with van der Waals surface area (Å²) >= 11 is 1.33. The molecule has 15 heavy (non-hydrogen) atoms. The second-order valence-corrected chi connectivity index (χ2v) is 5.35. The van der Waals surface area contributed by atoms with Crippen molar-refractivity contribution in [1.82, 2.24) is 14.1 Å². The number of nitrogens with one attached hydrogen (secondary N) is 2. The van der Waals surface area contributed by atoms with Gasteiger partial charge < -0.3 is 5.43 Å². The third kappa shape index (κ3) is 1.49. The SMILES string of the molecule is CNS(=O)(=O)c1c(NN)nc2sccn12. The number of anilines is 1. The first-order chi connectivity index (χ1) is 7.10. The first kappa shape index (κ1) is 10.4. The zero-order valence-electron chi connectivity index (χ0n) is 7.76. The molecule has 9 heteroatoms. The molecule has 0 amide bonds. The van der Waals surface area contributed by atoms with E-state index < -0.39 is 10.0 Å². The maximum atomic E-state index is 11.7. The monoisotopic (exact) mass is 247 g/mol. The van der Waals surface area contributed by atoms with Gasteiger partial charge in [0.25, 0.3) is 10.0 Å². The summed E-state index contributed by atoms with van der Waals surface area (Å²) < 4.78 is 27.1. The fourth-order valence-electron chi connectivity index (χ4n) is 1.21. The molecule has 2 heterocycles. The molecule has 0 radical (unpaired) electrons. The van der Waals surface area contributed by atoms with Crippen molar-refractivity contribution >= 4 is 32.1 Å². The third-order valence-corrected chi connectivity index (χ3v) is 4.07. The van der Waals surface area contributed by atoms with E-state index in [1.54, 1.807) is 11.6 Å². The van der Waals surface area contributed by atoms with Crippen molar-refractivity contribution in [3.05, 3.63) is 11.6 Å². The number of nitrogen functional groups attached to an aromatic ring is 1. The van der Waals surface area contributed by atoms with Crippen molar-refractivity contribution in [2.45, 2.75) is 5.03 Å². The van der Waals surface area contributed by atoms with Crippen LogP contribution in [0.5, 0.6) is 0 Å². The Balaban J connectivity index is 2.81. The van der Waals surface area contributed by atoms with Crippen LogP contribution in [0.1, 0.15) is 0 Å². The molecule has 0 aromatic carbocycles. The molecule has 0 aliphatic heterocycles. The molecule has 0 spiro atoms. The van der Waals surface area contributed by atoms with E-state index in [4.69, 9.17) is 5.84 Å². The molecule has 2 aromatic rings. The summed E-state index contributed by atoms with van der Waals surface area (Å²) in [7, 11) is -2.24. The number of fused-ring (bicyclic) bond motifs is 1. The van der Waals surface area contributed by atoms with Gasteiger partial charge in [-0.2, -0.15) is 4.98 Å². The van der Waals surface area contributed by atoms with Crippen LogP contribution in [0.3, 0.4) is 0 Å². The Morgan fingerprint density at radius 3 is 2.93 bits per heavy atom. The molecule has 0 fully saturated rings. The van der Waals surface area contributed by atoms with E-state index in [1.807, 2.05) is 0 Å². The second kappa shape index (κ2) is 3.45. The van der Waals surface area contributed by atoms with Crippen molar-refractivity contribution in [3.63, 3.8) is 0 Å². The topological polar surface area (TPSA) is 102 Å². The van der Waals surface area contributed by atoms with Gasteiger partial charge in [0.1, 0.15) is 0 Å². The first-order valence-electron chi connectivity index (χ1n) is 3.96. The van der Waals surface area contributed by atoms with Gasteiger partial charge >= 0.3 is 0 Å². The fraction of sp³-hybridized carbons (Fsp3) is 0.167. The Bertz CT molecular complexity index is 584. The number of hydrogen-bond donors (Lipinski definition) is 3. The lowest BCUT2D eigenvalue weighted by molar-refractivity contribution is 0.584. The van der Waals surface area contributed by atoms with Gasteiger partial charge in [-0.25, -0.2) is 19.0 Å². The molecular formula is C6H9N5O2S2. The van der Waals surface area contributed by atoms with Crippen molar-refractivity contribution in [3.8, 4) is 0 Å². The highest BCUT2D eigenvalue weighted by molar-refractivity contribution is 7.89. The van der Waals surface area contributed by atoms with Crippen LogP contribution < -0.4 is 16.0 Å². The second-order valence-electron chi connectivity index (χ2n) is 2.67. The molecular weight excluding hydrogens is 238 g/mol. The van der Waals surface area contributed by atoms with Gasteiger partial charge in [0.2, 0.25) is 5.03 Å². The number of nitrogens with zero attached hydrogens (tertiary/aromatic N) is 2. The van der Waals surface area contributed by atoms with Crippen LogP contribution in [0.15, 0.2) is 16.6 Å². The molecule has 2 aromatic heterocycles. The Hall–Kier alpha value is -1.16. The lowest BCUT2D eigenvalue weighted by Crippen LogP contribution is -2.22. The smallest absolute Gasteiger partial charge is 0.260 e. The van der Waals surface area contributed by atoms with Crippen LogP contribution in [0.2, 0.25) is 0 Å². The molecule has 4 N–H and O–H groups in total. The molecule has 0 aliphatic carbocycles. The Morgan fingerprint density at radius 2 is 2.33 bits per heavy atom. The van der Waals surface area contributed by atoms with Gasteiger partial charge in [0.15, 0.2) is 10.8 Å². The van der Waals surface area contributed by atoms with E-state index in [2.05, 4.69) is 15.1 Å². The lowest BCUT2D eigenvalue weighted by Gasteiger charge is -2.02. The number of imidazole rings is 1. The molecule has 0 aliphatic rings. The number of nitrogens with two attached hydrogens (primary N) is 1. The van der Waals surface area contributed by atoms with E-state index in [9.17, 15) is 8.42 Å². The fourth-order valence-corrected chi connectivity index (χ4v) is 2.94. The molecule has 0 unspecified atom stereocenters. The van der Waals surface area contributed by atoms with Gasteiger partial charge in [0, 0.05) is 11.6 Å². The molecule has 0 bridgehead atoms. The largest absolute Gasteiger partial charge is 0.306 e. The van der Waals surface area contributed by atoms with Crippen LogP contribution in [0.4, 0.5) is 5.82 Å². The number of rotatable bonds is 3.